The van der Waals surface area contributed by atoms with Crippen LogP contribution in [0.15, 0.2) is 24.5 Å². The summed E-state index contributed by atoms with van der Waals surface area (Å²) in [5.74, 6) is 0.194. The standard InChI is InChI=1S/C14H21N3O/c1-11(12-6-9-15-10-7-12)17(2)14(18)13-5-3-4-8-16-13/h6-7,9-11,13,16H,3-5,8H2,1-2H3. The molecule has 0 aliphatic carbocycles. The monoisotopic (exact) mass is 247 g/mol. The molecule has 2 unspecified atom stereocenters. The van der Waals surface area contributed by atoms with Crippen molar-refractivity contribution in [1.82, 2.24) is 15.2 Å². The highest BCUT2D eigenvalue weighted by Crippen LogP contribution is 2.20. The van der Waals surface area contributed by atoms with E-state index in [1.807, 2.05) is 24.1 Å². The quantitative estimate of drug-likeness (QED) is 0.885. The zero-order valence-electron chi connectivity index (χ0n) is 11.1. The van der Waals surface area contributed by atoms with Gasteiger partial charge in [0.2, 0.25) is 5.91 Å². The summed E-state index contributed by atoms with van der Waals surface area (Å²) in [7, 11) is 1.88. The van der Waals surface area contributed by atoms with Gasteiger partial charge in [0.1, 0.15) is 0 Å². The van der Waals surface area contributed by atoms with Crippen LogP contribution in [0.4, 0.5) is 0 Å². The number of hydrogen-bond acceptors (Lipinski definition) is 3. The summed E-state index contributed by atoms with van der Waals surface area (Å²) in [4.78, 5) is 18.2. The van der Waals surface area contributed by atoms with Crippen LogP contribution in [-0.2, 0) is 4.79 Å². The average Bonchev–Trinajstić information content (AvgIpc) is 2.47. The van der Waals surface area contributed by atoms with Crippen molar-refractivity contribution >= 4 is 5.91 Å². The van der Waals surface area contributed by atoms with Gasteiger partial charge in [-0.3, -0.25) is 9.78 Å². The molecule has 1 aliphatic heterocycles. The molecule has 0 saturated carbocycles. The molecule has 2 heterocycles. The maximum atomic E-state index is 12.4. The molecule has 0 aromatic carbocycles. The number of amides is 1. The fraction of sp³-hybridized carbons (Fsp3) is 0.571. The molecule has 4 heteroatoms. The van der Waals surface area contributed by atoms with Gasteiger partial charge >= 0.3 is 0 Å². The van der Waals surface area contributed by atoms with Crippen molar-refractivity contribution in [1.29, 1.82) is 0 Å². The average molecular weight is 247 g/mol. The first-order valence-electron chi connectivity index (χ1n) is 6.60. The number of aromatic nitrogens is 1. The Balaban J connectivity index is 2.01. The summed E-state index contributed by atoms with van der Waals surface area (Å²) in [6, 6.07) is 4.00. The van der Waals surface area contributed by atoms with E-state index < -0.39 is 0 Å². The van der Waals surface area contributed by atoms with E-state index in [0.717, 1.165) is 24.9 Å². The second-order valence-corrected chi connectivity index (χ2v) is 4.91. The van der Waals surface area contributed by atoms with Gasteiger partial charge in [0.15, 0.2) is 0 Å². The molecule has 0 radical (unpaired) electrons. The number of pyridine rings is 1. The molecule has 2 atom stereocenters. The Bertz CT molecular complexity index is 387. The van der Waals surface area contributed by atoms with Crippen LogP contribution >= 0.6 is 0 Å². The van der Waals surface area contributed by atoms with Crippen molar-refractivity contribution in [2.24, 2.45) is 0 Å². The molecule has 1 aromatic heterocycles. The summed E-state index contributed by atoms with van der Waals surface area (Å²) < 4.78 is 0. The van der Waals surface area contributed by atoms with E-state index in [4.69, 9.17) is 0 Å². The molecular formula is C14H21N3O. The summed E-state index contributed by atoms with van der Waals surface area (Å²) in [6.07, 6.45) is 6.80. The van der Waals surface area contributed by atoms with Crippen LogP contribution in [0.5, 0.6) is 0 Å². The van der Waals surface area contributed by atoms with Crippen LogP contribution in [0.3, 0.4) is 0 Å². The Morgan fingerprint density at radius 3 is 2.78 bits per heavy atom. The maximum Gasteiger partial charge on any atom is 0.239 e. The van der Waals surface area contributed by atoms with Gasteiger partial charge in [-0.05, 0) is 44.0 Å². The highest BCUT2D eigenvalue weighted by atomic mass is 16.2. The van der Waals surface area contributed by atoms with Gasteiger partial charge in [0.25, 0.3) is 0 Å². The van der Waals surface area contributed by atoms with Crippen LogP contribution in [0, 0.1) is 0 Å². The number of piperidine rings is 1. The number of likely N-dealkylation sites (N-methyl/N-ethyl adjacent to an activating group) is 1. The minimum absolute atomic E-state index is 0.00645. The van der Waals surface area contributed by atoms with Crippen LogP contribution in [0.1, 0.15) is 37.8 Å². The summed E-state index contributed by atoms with van der Waals surface area (Å²) >= 11 is 0. The Morgan fingerprint density at radius 2 is 2.17 bits per heavy atom. The normalized spacial score (nSPS) is 21.3. The molecule has 2 rings (SSSR count). The molecule has 18 heavy (non-hydrogen) atoms. The van der Waals surface area contributed by atoms with Crippen LogP contribution in [0.25, 0.3) is 0 Å². The molecule has 1 saturated heterocycles. The molecule has 1 aliphatic rings. The molecule has 1 amide bonds. The topological polar surface area (TPSA) is 45.2 Å². The smallest absolute Gasteiger partial charge is 0.239 e. The third-order valence-electron chi connectivity index (χ3n) is 3.73. The lowest BCUT2D eigenvalue weighted by atomic mass is 10.0. The van der Waals surface area contributed by atoms with E-state index in [-0.39, 0.29) is 18.0 Å². The van der Waals surface area contributed by atoms with Gasteiger partial charge in [-0.15, -0.1) is 0 Å². The molecular weight excluding hydrogens is 226 g/mol. The van der Waals surface area contributed by atoms with Gasteiger partial charge in [0, 0.05) is 19.4 Å². The van der Waals surface area contributed by atoms with Crippen molar-refractivity contribution in [2.45, 2.75) is 38.3 Å². The second-order valence-electron chi connectivity index (χ2n) is 4.91. The van der Waals surface area contributed by atoms with E-state index in [9.17, 15) is 4.79 Å². The first kappa shape index (κ1) is 13.0. The lowest BCUT2D eigenvalue weighted by Crippen LogP contribution is -2.47. The summed E-state index contributed by atoms with van der Waals surface area (Å²) in [6.45, 7) is 3.00. The van der Waals surface area contributed by atoms with Gasteiger partial charge in [-0.1, -0.05) is 6.42 Å². The first-order valence-corrected chi connectivity index (χ1v) is 6.60. The predicted molar refractivity (Wildman–Crippen MR) is 71.1 cm³/mol. The van der Waals surface area contributed by atoms with Gasteiger partial charge in [0.05, 0.1) is 12.1 Å². The fourth-order valence-electron chi connectivity index (χ4n) is 2.36. The molecule has 1 N–H and O–H groups in total. The zero-order valence-corrected chi connectivity index (χ0v) is 11.1. The van der Waals surface area contributed by atoms with Crippen molar-refractivity contribution in [3.8, 4) is 0 Å². The van der Waals surface area contributed by atoms with Crippen molar-refractivity contribution < 1.29 is 4.79 Å². The van der Waals surface area contributed by atoms with Crippen LogP contribution in [-0.4, -0.2) is 35.4 Å². The third kappa shape index (κ3) is 2.88. The maximum absolute atomic E-state index is 12.4. The number of nitrogens with one attached hydrogen (secondary N) is 1. The second kappa shape index (κ2) is 5.96. The molecule has 4 nitrogen and oxygen atoms in total. The Labute approximate surface area is 108 Å². The largest absolute Gasteiger partial charge is 0.338 e. The number of hydrogen-bond donors (Lipinski definition) is 1. The van der Waals surface area contributed by atoms with E-state index in [1.54, 1.807) is 12.4 Å². The third-order valence-corrected chi connectivity index (χ3v) is 3.73. The van der Waals surface area contributed by atoms with Crippen LogP contribution in [0.2, 0.25) is 0 Å². The van der Waals surface area contributed by atoms with Gasteiger partial charge in [-0.2, -0.15) is 0 Å². The van der Waals surface area contributed by atoms with E-state index in [0.29, 0.717) is 0 Å². The molecule has 1 aromatic rings. The van der Waals surface area contributed by atoms with Crippen LogP contribution < -0.4 is 5.32 Å². The summed E-state index contributed by atoms with van der Waals surface area (Å²) in [5.41, 5.74) is 1.12. The minimum Gasteiger partial charge on any atom is -0.338 e. The Kier molecular flexibility index (Phi) is 4.31. The molecule has 0 bridgehead atoms. The van der Waals surface area contributed by atoms with Gasteiger partial charge < -0.3 is 10.2 Å². The van der Waals surface area contributed by atoms with Crippen molar-refractivity contribution in [2.75, 3.05) is 13.6 Å². The predicted octanol–water partition coefficient (Wildman–Crippen LogP) is 1.74. The number of carbonyl (C=O) groups is 1. The van der Waals surface area contributed by atoms with Gasteiger partial charge in [-0.25, -0.2) is 0 Å². The minimum atomic E-state index is -0.00645. The number of nitrogens with zero attached hydrogens (tertiary/aromatic N) is 2. The lowest BCUT2D eigenvalue weighted by molar-refractivity contribution is -0.134. The highest BCUT2D eigenvalue weighted by Gasteiger charge is 2.26. The Morgan fingerprint density at radius 1 is 1.44 bits per heavy atom. The Hall–Kier alpha value is -1.42. The van der Waals surface area contributed by atoms with E-state index in [1.165, 1.54) is 6.42 Å². The number of rotatable bonds is 3. The summed E-state index contributed by atoms with van der Waals surface area (Å²) in [5, 5.41) is 3.30. The van der Waals surface area contributed by atoms with Crippen molar-refractivity contribution in [3.05, 3.63) is 30.1 Å². The molecule has 1 fully saturated rings. The molecule has 0 spiro atoms. The fourth-order valence-corrected chi connectivity index (χ4v) is 2.36. The zero-order chi connectivity index (χ0) is 13.0. The van der Waals surface area contributed by atoms with E-state index >= 15 is 0 Å². The first-order chi connectivity index (χ1) is 8.70. The highest BCUT2D eigenvalue weighted by molar-refractivity contribution is 5.82. The van der Waals surface area contributed by atoms with Crippen molar-refractivity contribution in [3.63, 3.8) is 0 Å². The number of carbonyl (C=O) groups excluding carboxylic acids is 1. The van der Waals surface area contributed by atoms with E-state index in [2.05, 4.69) is 17.2 Å². The SMILES string of the molecule is CC(c1ccncc1)N(C)C(=O)C1CCCCN1. The molecule has 98 valence electrons. The lowest BCUT2D eigenvalue weighted by Gasteiger charge is -2.31.